The van der Waals surface area contributed by atoms with Crippen LogP contribution in [0.3, 0.4) is 0 Å². The van der Waals surface area contributed by atoms with Crippen molar-refractivity contribution in [3.8, 4) is 0 Å². The highest BCUT2D eigenvalue weighted by molar-refractivity contribution is 5.77. The Bertz CT molecular complexity index is 389. The Balaban J connectivity index is 2.84. The number of aromatic nitrogens is 2. The van der Waals surface area contributed by atoms with Gasteiger partial charge in [0.25, 0.3) is 0 Å². The van der Waals surface area contributed by atoms with E-state index in [1.54, 1.807) is 6.20 Å². The van der Waals surface area contributed by atoms with Crippen molar-refractivity contribution in [2.24, 2.45) is 5.73 Å². The lowest BCUT2D eigenvalue weighted by Gasteiger charge is -2.26. The van der Waals surface area contributed by atoms with Crippen LogP contribution in [0.15, 0.2) is 12.3 Å². The first kappa shape index (κ1) is 13.2. The molecule has 0 aliphatic rings. The molecule has 1 heterocycles. The van der Waals surface area contributed by atoms with Gasteiger partial charge in [0.1, 0.15) is 5.82 Å². The van der Waals surface area contributed by atoms with Crippen LogP contribution in [0.2, 0.25) is 0 Å². The first-order valence-electron chi connectivity index (χ1n) is 5.48. The lowest BCUT2D eigenvalue weighted by atomic mass is 10.2. The Hall–Kier alpha value is -1.85. The molecule has 0 aliphatic heterocycles. The fourth-order valence-electron chi connectivity index (χ4n) is 1.43. The largest absolute Gasteiger partial charge is 0.388 e. The Morgan fingerprint density at radius 3 is 2.65 bits per heavy atom. The van der Waals surface area contributed by atoms with Crippen LogP contribution in [0.1, 0.15) is 13.3 Å². The van der Waals surface area contributed by atoms with Gasteiger partial charge in [-0.15, -0.1) is 0 Å². The molecule has 1 rings (SSSR count). The standard InChI is InChI=1S/C11H20N6/c1-8(7-9(12)13)17(4)10-5-6-14-11(15-10)16(2)3/h5-6,8H,7H2,1-4H3,(H3,12,13). The van der Waals surface area contributed by atoms with Crippen molar-refractivity contribution in [2.45, 2.75) is 19.4 Å². The maximum absolute atomic E-state index is 7.30. The van der Waals surface area contributed by atoms with Crippen molar-refractivity contribution >= 4 is 17.6 Å². The first-order valence-corrected chi connectivity index (χ1v) is 5.48. The van der Waals surface area contributed by atoms with Gasteiger partial charge in [0.05, 0.1) is 5.84 Å². The summed E-state index contributed by atoms with van der Waals surface area (Å²) in [4.78, 5) is 12.4. The zero-order valence-electron chi connectivity index (χ0n) is 10.8. The van der Waals surface area contributed by atoms with E-state index >= 15 is 0 Å². The van der Waals surface area contributed by atoms with E-state index in [-0.39, 0.29) is 11.9 Å². The van der Waals surface area contributed by atoms with E-state index in [2.05, 4.69) is 9.97 Å². The number of amidine groups is 1. The lowest BCUT2D eigenvalue weighted by Crippen LogP contribution is -2.33. The number of nitrogens with two attached hydrogens (primary N) is 1. The molecule has 0 saturated heterocycles. The lowest BCUT2D eigenvalue weighted by molar-refractivity contribution is 0.698. The smallest absolute Gasteiger partial charge is 0.226 e. The van der Waals surface area contributed by atoms with Gasteiger partial charge >= 0.3 is 0 Å². The molecular weight excluding hydrogens is 216 g/mol. The van der Waals surface area contributed by atoms with Crippen molar-refractivity contribution in [3.05, 3.63) is 12.3 Å². The molecule has 17 heavy (non-hydrogen) atoms. The van der Waals surface area contributed by atoms with Gasteiger partial charge in [0.15, 0.2) is 0 Å². The summed E-state index contributed by atoms with van der Waals surface area (Å²) in [5.41, 5.74) is 5.40. The van der Waals surface area contributed by atoms with Gasteiger partial charge in [-0.1, -0.05) is 0 Å². The third kappa shape index (κ3) is 3.58. The normalized spacial score (nSPS) is 12.0. The van der Waals surface area contributed by atoms with E-state index in [4.69, 9.17) is 11.1 Å². The third-order valence-corrected chi connectivity index (χ3v) is 2.57. The van der Waals surface area contributed by atoms with Crippen LogP contribution in [-0.4, -0.2) is 43.0 Å². The quantitative estimate of drug-likeness (QED) is 0.580. The van der Waals surface area contributed by atoms with Crippen molar-refractivity contribution in [1.29, 1.82) is 5.41 Å². The van der Waals surface area contributed by atoms with Gasteiger partial charge in [0.2, 0.25) is 5.95 Å². The highest BCUT2D eigenvalue weighted by Crippen LogP contribution is 2.15. The molecule has 94 valence electrons. The van der Waals surface area contributed by atoms with E-state index in [0.717, 1.165) is 5.82 Å². The van der Waals surface area contributed by atoms with Gasteiger partial charge in [-0.2, -0.15) is 4.98 Å². The highest BCUT2D eigenvalue weighted by atomic mass is 15.3. The zero-order chi connectivity index (χ0) is 13.0. The second kappa shape index (κ2) is 5.47. The predicted octanol–water partition coefficient (Wildman–Crippen LogP) is 0.693. The minimum Gasteiger partial charge on any atom is -0.388 e. The molecule has 0 radical (unpaired) electrons. The average molecular weight is 236 g/mol. The number of rotatable bonds is 5. The van der Waals surface area contributed by atoms with Crippen LogP contribution in [0.25, 0.3) is 0 Å². The topological polar surface area (TPSA) is 82.1 Å². The molecule has 3 N–H and O–H groups in total. The van der Waals surface area contributed by atoms with Crippen LogP contribution < -0.4 is 15.5 Å². The fraction of sp³-hybridized carbons (Fsp3) is 0.545. The number of anilines is 2. The molecule has 1 unspecified atom stereocenters. The molecule has 6 nitrogen and oxygen atoms in total. The third-order valence-electron chi connectivity index (χ3n) is 2.57. The molecule has 0 spiro atoms. The monoisotopic (exact) mass is 236 g/mol. The predicted molar refractivity (Wildman–Crippen MR) is 70.8 cm³/mol. The Labute approximate surface area is 102 Å². The molecule has 1 atom stereocenters. The van der Waals surface area contributed by atoms with Gasteiger partial charge in [-0.25, -0.2) is 4.98 Å². The molecule has 0 amide bonds. The Morgan fingerprint density at radius 1 is 1.47 bits per heavy atom. The van der Waals surface area contributed by atoms with Crippen LogP contribution in [0, 0.1) is 5.41 Å². The molecule has 0 bridgehead atoms. The van der Waals surface area contributed by atoms with E-state index in [1.165, 1.54) is 0 Å². The van der Waals surface area contributed by atoms with Crippen molar-refractivity contribution in [2.75, 3.05) is 30.9 Å². The molecule has 0 aliphatic carbocycles. The summed E-state index contributed by atoms with van der Waals surface area (Å²) < 4.78 is 0. The SMILES string of the molecule is CC(CC(=N)N)N(C)c1ccnc(N(C)C)n1. The number of hydrogen-bond acceptors (Lipinski definition) is 5. The van der Waals surface area contributed by atoms with Crippen LogP contribution in [-0.2, 0) is 0 Å². The molecule has 0 aromatic carbocycles. The van der Waals surface area contributed by atoms with E-state index < -0.39 is 0 Å². The number of nitrogens with one attached hydrogen (secondary N) is 1. The summed E-state index contributed by atoms with van der Waals surface area (Å²) >= 11 is 0. The Morgan fingerprint density at radius 2 is 2.12 bits per heavy atom. The maximum Gasteiger partial charge on any atom is 0.226 e. The van der Waals surface area contributed by atoms with E-state index in [1.807, 2.05) is 43.9 Å². The van der Waals surface area contributed by atoms with Gasteiger partial charge in [-0.3, -0.25) is 5.41 Å². The number of nitrogens with zero attached hydrogens (tertiary/aromatic N) is 4. The summed E-state index contributed by atoms with van der Waals surface area (Å²) in [6, 6.07) is 1.99. The van der Waals surface area contributed by atoms with Crippen molar-refractivity contribution in [1.82, 2.24) is 9.97 Å². The minimum atomic E-state index is 0.136. The van der Waals surface area contributed by atoms with E-state index in [0.29, 0.717) is 12.4 Å². The summed E-state index contributed by atoms with van der Waals surface area (Å²) in [6.07, 6.45) is 2.26. The van der Waals surface area contributed by atoms with Crippen LogP contribution in [0.4, 0.5) is 11.8 Å². The molecule has 1 aromatic rings. The molecule has 6 heteroatoms. The molecular formula is C11H20N6. The van der Waals surface area contributed by atoms with Gasteiger partial charge < -0.3 is 15.5 Å². The Kier molecular flexibility index (Phi) is 4.25. The van der Waals surface area contributed by atoms with Crippen molar-refractivity contribution < 1.29 is 0 Å². The zero-order valence-corrected chi connectivity index (χ0v) is 10.8. The number of hydrogen-bond donors (Lipinski definition) is 2. The van der Waals surface area contributed by atoms with Crippen LogP contribution >= 0.6 is 0 Å². The highest BCUT2D eigenvalue weighted by Gasteiger charge is 2.13. The minimum absolute atomic E-state index is 0.136. The van der Waals surface area contributed by atoms with Crippen molar-refractivity contribution in [3.63, 3.8) is 0 Å². The summed E-state index contributed by atoms with van der Waals surface area (Å²) in [5, 5.41) is 7.30. The average Bonchev–Trinajstić information content (AvgIpc) is 2.27. The summed E-state index contributed by atoms with van der Waals surface area (Å²) in [7, 11) is 5.74. The molecule has 1 aromatic heterocycles. The molecule has 0 fully saturated rings. The van der Waals surface area contributed by atoms with E-state index in [9.17, 15) is 0 Å². The fourth-order valence-corrected chi connectivity index (χ4v) is 1.43. The second-order valence-electron chi connectivity index (χ2n) is 4.30. The maximum atomic E-state index is 7.30. The van der Waals surface area contributed by atoms with Gasteiger partial charge in [-0.05, 0) is 13.0 Å². The summed E-state index contributed by atoms with van der Waals surface area (Å²) in [6.45, 7) is 2.01. The molecule has 0 saturated carbocycles. The second-order valence-corrected chi connectivity index (χ2v) is 4.30. The van der Waals surface area contributed by atoms with Crippen LogP contribution in [0.5, 0.6) is 0 Å². The van der Waals surface area contributed by atoms with Gasteiger partial charge in [0, 0.05) is 39.8 Å². The first-order chi connectivity index (χ1) is 7.91. The summed E-state index contributed by atoms with van der Waals surface area (Å²) in [5.74, 6) is 1.69.